The van der Waals surface area contributed by atoms with Gasteiger partial charge in [-0.25, -0.2) is 4.68 Å². The number of methoxy groups -OCH3 is 1. The van der Waals surface area contributed by atoms with Crippen LogP contribution < -0.4 is 10.5 Å². The smallest absolute Gasteiger partial charge is 0.149 e. The summed E-state index contributed by atoms with van der Waals surface area (Å²) in [6.07, 6.45) is 2.55. The van der Waals surface area contributed by atoms with E-state index in [0.29, 0.717) is 30.3 Å². The van der Waals surface area contributed by atoms with E-state index < -0.39 is 0 Å². The fraction of sp³-hybridized carbons (Fsp3) is 0.333. The standard InChI is InChI=1S/C15H16N4O2/c1-20-15-11(3-2-4-13(15)17)12-8-18-19(14(12)7-16)10-5-6-21-9-10/h2-4,8,10H,5-6,9,17H2,1H3/t10-/m0/s1. The lowest BCUT2D eigenvalue weighted by Crippen LogP contribution is -2.12. The quantitative estimate of drug-likeness (QED) is 0.871. The van der Waals surface area contributed by atoms with E-state index >= 15 is 0 Å². The molecular formula is C15H16N4O2. The van der Waals surface area contributed by atoms with Gasteiger partial charge < -0.3 is 15.2 Å². The van der Waals surface area contributed by atoms with Gasteiger partial charge >= 0.3 is 0 Å². The van der Waals surface area contributed by atoms with Crippen molar-refractivity contribution in [3.63, 3.8) is 0 Å². The summed E-state index contributed by atoms with van der Waals surface area (Å²) >= 11 is 0. The van der Waals surface area contributed by atoms with Gasteiger partial charge in [0.2, 0.25) is 0 Å². The number of nitriles is 1. The second-order valence-corrected chi connectivity index (χ2v) is 4.91. The van der Waals surface area contributed by atoms with Crippen molar-refractivity contribution in [1.29, 1.82) is 5.26 Å². The fourth-order valence-electron chi connectivity index (χ4n) is 2.66. The maximum absolute atomic E-state index is 9.52. The number of nitrogen functional groups attached to an aromatic ring is 1. The average Bonchev–Trinajstić information content (AvgIpc) is 3.15. The number of hydrogen-bond acceptors (Lipinski definition) is 5. The molecule has 0 saturated carbocycles. The number of rotatable bonds is 3. The van der Waals surface area contributed by atoms with Crippen molar-refractivity contribution in [3.05, 3.63) is 30.1 Å². The first-order chi connectivity index (χ1) is 10.3. The summed E-state index contributed by atoms with van der Waals surface area (Å²) < 4.78 is 12.5. The summed E-state index contributed by atoms with van der Waals surface area (Å²) in [7, 11) is 1.57. The summed E-state index contributed by atoms with van der Waals surface area (Å²) in [5, 5.41) is 13.9. The van der Waals surface area contributed by atoms with E-state index in [4.69, 9.17) is 15.2 Å². The molecule has 1 atom stereocenters. The number of ether oxygens (including phenoxy) is 2. The third kappa shape index (κ3) is 2.22. The van der Waals surface area contributed by atoms with Crippen LogP contribution in [0.1, 0.15) is 18.2 Å². The number of anilines is 1. The van der Waals surface area contributed by atoms with Crippen LogP contribution in [0.25, 0.3) is 11.1 Å². The van der Waals surface area contributed by atoms with Gasteiger partial charge in [0, 0.05) is 17.7 Å². The van der Waals surface area contributed by atoms with E-state index in [1.54, 1.807) is 24.1 Å². The topological polar surface area (TPSA) is 86.1 Å². The summed E-state index contributed by atoms with van der Waals surface area (Å²) in [6.45, 7) is 1.29. The Morgan fingerprint density at radius 1 is 1.48 bits per heavy atom. The molecule has 1 saturated heterocycles. The Morgan fingerprint density at radius 2 is 2.33 bits per heavy atom. The lowest BCUT2D eigenvalue weighted by Gasteiger charge is -2.12. The Kier molecular flexibility index (Phi) is 3.50. The van der Waals surface area contributed by atoms with Crippen LogP contribution in [0.15, 0.2) is 24.4 Å². The van der Waals surface area contributed by atoms with Crippen molar-refractivity contribution in [2.24, 2.45) is 0 Å². The predicted molar refractivity (Wildman–Crippen MR) is 77.8 cm³/mol. The third-order valence-electron chi connectivity index (χ3n) is 3.69. The van der Waals surface area contributed by atoms with Gasteiger partial charge in [-0.15, -0.1) is 0 Å². The highest BCUT2D eigenvalue weighted by Crippen LogP contribution is 2.37. The second kappa shape index (κ2) is 5.46. The molecular weight excluding hydrogens is 268 g/mol. The van der Waals surface area contributed by atoms with E-state index in [2.05, 4.69) is 11.2 Å². The first-order valence-electron chi connectivity index (χ1n) is 6.74. The van der Waals surface area contributed by atoms with E-state index in [1.165, 1.54) is 0 Å². The van der Waals surface area contributed by atoms with Gasteiger partial charge in [0.15, 0.2) is 0 Å². The zero-order valence-corrected chi connectivity index (χ0v) is 11.7. The van der Waals surface area contributed by atoms with Crippen LogP contribution in [0.5, 0.6) is 5.75 Å². The minimum Gasteiger partial charge on any atom is -0.494 e. The lowest BCUT2D eigenvalue weighted by molar-refractivity contribution is 0.184. The molecule has 3 rings (SSSR count). The molecule has 6 heteroatoms. The van der Waals surface area contributed by atoms with Crippen LogP contribution in [0.2, 0.25) is 0 Å². The van der Waals surface area contributed by atoms with Crippen molar-refractivity contribution in [1.82, 2.24) is 9.78 Å². The zero-order valence-electron chi connectivity index (χ0n) is 11.7. The average molecular weight is 284 g/mol. The summed E-state index contributed by atoms with van der Waals surface area (Å²) in [5.74, 6) is 0.566. The molecule has 6 nitrogen and oxygen atoms in total. The maximum atomic E-state index is 9.52. The van der Waals surface area contributed by atoms with Crippen molar-refractivity contribution >= 4 is 5.69 Å². The molecule has 2 N–H and O–H groups in total. The SMILES string of the molecule is COc1c(N)cccc1-c1cnn([C@H]2CCOC2)c1C#N. The highest BCUT2D eigenvalue weighted by atomic mass is 16.5. The highest BCUT2D eigenvalue weighted by Gasteiger charge is 2.24. The molecule has 21 heavy (non-hydrogen) atoms. The Labute approximate surface area is 122 Å². The molecule has 2 heterocycles. The van der Waals surface area contributed by atoms with Gasteiger partial charge in [-0.2, -0.15) is 10.4 Å². The maximum Gasteiger partial charge on any atom is 0.149 e. The second-order valence-electron chi connectivity index (χ2n) is 4.91. The molecule has 0 amide bonds. The van der Waals surface area contributed by atoms with Crippen LogP contribution in [-0.2, 0) is 4.74 Å². The molecule has 108 valence electrons. The summed E-state index contributed by atoms with van der Waals surface area (Å²) in [5.41, 5.74) is 8.49. The van der Waals surface area contributed by atoms with Gasteiger partial charge in [0.1, 0.15) is 17.5 Å². The van der Waals surface area contributed by atoms with Gasteiger partial charge in [-0.1, -0.05) is 12.1 Å². The Bertz CT molecular complexity index is 696. The number of hydrogen-bond donors (Lipinski definition) is 1. The lowest BCUT2D eigenvalue weighted by atomic mass is 10.0. The number of nitrogens with zero attached hydrogens (tertiary/aromatic N) is 3. The van der Waals surface area contributed by atoms with E-state index in [1.807, 2.05) is 12.1 Å². The molecule has 1 aliphatic rings. The summed E-state index contributed by atoms with van der Waals surface area (Å²) in [4.78, 5) is 0. The number of nitrogens with two attached hydrogens (primary N) is 1. The van der Waals surface area contributed by atoms with Crippen molar-refractivity contribution in [2.45, 2.75) is 12.5 Å². The molecule has 0 unspecified atom stereocenters. The van der Waals surface area contributed by atoms with Crippen molar-refractivity contribution in [3.8, 4) is 22.9 Å². The van der Waals surface area contributed by atoms with Crippen molar-refractivity contribution < 1.29 is 9.47 Å². The van der Waals surface area contributed by atoms with Gasteiger partial charge in [-0.3, -0.25) is 0 Å². The van der Waals surface area contributed by atoms with Crippen LogP contribution in [0, 0.1) is 11.3 Å². The Hall–Kier alpha value is -2.52. The minimum atomic E-state index is 0.112. The highest BCUT2D eigenvalue weighted by molar-refractivity contribution is 5.79. The molecule has 0 aliphatic carbocycles. The molecule has 0 bridgehead atoms. The molecule has 1 aromatic heterocycles. The number of aromatic nitrogens is 2. The van der Waals surface area contributed by atoms with Gasteiger partial charge in [0.05, 0.1) is 31.6 Å². The van der Waals surface area contributed by atoms with Crippen LogP contribution in [0.4, 0.5) is 5.69 Å². The molecule has 1 aliphatic heterocycles. The Balaban J connectivity index is 2.12. The van der Waals surface area contributed by atoms with Crippen LogP contribution in [-0.4, -0.2) is 30.1 Å². The fourth-order valence-corrected chi connectivity index (χ4v) is 2.66. The monoisotopic (exact) mass is 284 g/mol. The zero-order chi connectivity index (χ0) is 14.8. The molecule has 2 aromatic rings. The molecule has 1 fully saturated rings. The Morgan fingerprint density at radius 3 is 3.00 bits per heavy atom. The minimum absolute atomic E-state index is 0.112. The van der Waals surface area contributed by atoms with E-state index in [0.717, 1.165) is 17.5 Å². The van der Waals surface area contributed by atoms with Gasteiger partial charge in [-0.05, 0) is 12.5 Å². The predicted octanol–water partition coefficient (Wildman–Crippen LogP) is 1.97. The molecule has 0 radical (unpaired) electrons. The summed E-state index contributed by atoms with van der Waals surface area (Å²) in [6, 6.07) is 7.83. The third-order valence-corrected chi connectivity index (χ3v) is 3.69. The normalized spacial score (nSPS) is 17.6. The van der Waals surface area contributed by atoms with Gasteiger partial charge in [0.25, 0.3) is 0 Å². The number of benzene rings is 1. The van der Waals surface area contributed by atoms with E-state index in [-0.39, 0.29) is 6.04 Å². The first kappa shape index (κ1) is 13.5. The first-order valence-corrected chi connectivity index (χ1v) is 6.74. The molecule has 0 spiro atoms. The van der Waals surface area contributed by atoms with Crippen molar-refractivity contribution in [2.75, 3.05) is 26.1 Å². The molecule has 1 aromatic carbocycles. The van der Waals surface area contributed by atoms with Crippen LogP contribution in [0.3, 0.4) is 0 Å². The largest absolute Gasteiger partial charge is 0.494 e. The van der Waals surface area contributed by atoms with E-state index in [9.17, 15) is 5.26 Å². The number of para-hydroxylation sites is 1. The van der Waals surface area contributed by atoms with Crippen LogP contribution >= 0.6 is 0 Å².